The summed E-state index contributed by atoms with van der Waals surface area (Å²) >= 11 is 0. The molecule has 2 atom stereocenters. The van der Waals surface area contributed by atoms with Crippen molar-refractivity contribution in [3.63, 3.8) is 0 Å². The van der Waals surface area contributed by atoms with Crippen LogP contribution in [0.2, 0.25) is 0 Å². The summed E-state index contributed by atoms with van der Waals surface area (Å²) in [5.74, 6) is 0.00593. The second-order valence-corrected chi connectivity index (χ2v) is 5.42. The molecule has 0 saturated heterocycles. The van der Waals surface area contributed by atoms with Gasteiger partial charge in [-0.2, -0.15) is 0 Å². The number of methoxy groups -OCH3 is 1. The first kappa shape index (κ1) is 14.9. The molecular formula is C16H24N2O2. The lowest BCUT2D eigenvalue weighted by atomic mass is 10.1. The van der Waals surface area contributed by atoms with Crippen LogP contribution in [0.1, 0.15) is 42.1 Å². The SMILES string of the molecule is CCNc1ccc(C)cc1C(=O)NC1CCC(OC)C1. The Labute approximate surface area is 120 Å². The summed E-state index contributed by atoms with van der Waals surface area (Å²) in [7, 11) is 1.73. The largest absolute Gasteiger partial charge is 0.385 e. The first-order valence-corrected chi connectivity index (χ1v) is 7.32. The van der Waals surface area contributed by atoms with Crippen molar-refractivity contribution in [2.75, 3.05) is 19.0 Å². The Balaban J connectivity index is 2.07. The van der Waals surface area contributed by atoms with Gasteiger partial charge in [-0.25, -0.2) is 0 Å². The molecule has 0 radical (unpaired) electrons. The molecule has 4 nitrogen and oxygen atoms in total. The second-order valence-electron chi connectivity index (χ2n) is 5.42. The number of carbonyl (C=O) groups is 1. The summed E-state index contributed by atoms with van der Waals surface area (Å²) in [6.07, 6.45) is 3.21. The first-order chi connectivity index (χ1) is 9.63. The lowest BCUT2D eigenvalue weighted by Gasteiger charge is -2.16. The standard InChI is InChI=1S/C16H24N2O2/c1-4-17-15-8-5-11(2)9-14(15)16(19)18-12-6-7-13(10-12)20-3/h5,8-9,12-13,17H,4,6-7,10H2,1-3H3,(H,18,19). The molecule has 20 heavy (non-hydrogen) atoms. The molecular weight excluding hydrogens is 252 g/mol. The van der Waals surface area contributed by atoms with Crippen LogP contribution in [0.25, 0.3) is 0 Å². The third-order valence-corrected chi connectivity index (χ3v) is 3.84. The maximum Gasteiger partial charge on any atom is 0.253 e. The van der Waals surface area contributed by atoms with Gasteiger partial charge in [0.2, 0.25) is 0 Å². The van der Waals surface area contributed by atoms with Crippen molar-refractivity contribution in [1.82, 2.24) is 5.32 Å². The van der Waals surface area contributed by atoms with Gasteiger partial charge in [-0.3, -0.25) is 4.79 Å². The van der Waals surface area contributed by atoms with E-state index in [0.29, 0.717) is 0 Å². The van der Waals surface area contributed by atoms with E-state index in [-0.39, 0.29) is 18.1 Å². The summed E-state index contributed by atoms with van der Waals surface area (Å²) in [5.41, 5.74) is 2.72. The fourth-order valence-electron chi connectivity index (χ4n) is 2.74. The zero-order valence-corrected chi connectivity index (χ0v) is 12.5. The fraction of sp³-hybridized carbons (Fsp3) is 0.562. The van der Waals surface area contributed by atoms with Crippen LogP contribution >= 0.6 is 0 Å². The average Bonchev–Trinajstić information content (AvgIpc) is 2.88. The Bertz CT molecular complexity index is 474. The van der Waals surface area contributed by atoms with Gasteiger partial charge in [-0.05, 0) is 45.2 Å². The number of ether oxygens (including phenoxy) is 1. The van der Waals surface area contributed by atoms with Crippen LogP contribution in [-0.2, 0) is 4.74 Å². The summed E-state index contributed by atoms with van der Waals surface area (Å²) in [5, 5.41) is 6.37. The third kappa shape index (κ3) is 3.51. The van der Waals surface area contributed by atoms with Crippen molar-refractivity contribution in [2.45, 2.75) is 45.3 Å². The molecule has 1 amide bonds. The van der Waals surface area contributed by atoms with E-state index in [0.717, 1.165) is 42.6 Å². The van der Waals surface area contributed by atoms with E-state index in [4.69, 9.17) is 4.74 Å². The van der Waals surface area contributed by atoms with E-state index in [1.165, 1.54) is 0 Å². The van der Waals surface area contributed by atoms with E-state index >= 15 is 0 Å². The van der Waals surface area contributed by atoms with Crippen LogP contribution in [0.15, 0.2) is 18.2 Å². The summed E-state index contributed by atoms with van der Waals surface area (Å²) in [4.78, 5) is 12.5. The lowest BCUT2D eigenvalue weighted by molar-refractivity contribution is 0.0915. The van der Waals surface area contributed by atoms with Crippen molar-refractivity contribution < 1.29 is 9.53 Å². The van der Waals surface area contributed by atoms with E-state index in [9.17, 15) is 4.79 Å². The normalized spacial score (nSPS) is 21.8. The molecule has 0 aliphatic heterocycles. The highest BCUT2D eigenvalue weighted by Crippen LogP contribution is 2.23. The molecule has 0 heterocycles. The third-order valence-electron chi connectivity index (χ3n) is 3.84. The van der Waals surface area contributed by atoms with Crippen LogP contribution in [0.5, 0.6) is 0 Å². The van der Waals surface area contributed by atoms with Crippen molar-refractivity contribution in [3.8, 4) is 0 Å². The average molecular weight is 276 g/mol. The summed E-state index contributed by atoms with van der Waals surface area (Å²) in [6.45, 7) is 4.84. The molecule has 1 aliphatic carbocycles. The Morgan fingerprint density at radius 1 is 1.40 bits per heavy atom. The maximum absolute atomic E-state index is 12.5. The number of aryl methyl sites for hydroxylation is 1. The predicted octanol–water partition coefficient (Wildman–Crippen LogP) is 2.72. The van der Waals surface area contributed by atoms with Gasteiger partial charge in [0.05, 0.1) is 11.7 Å². The number of hydrogen-bond donors (Lipinski definition) is 2. The first-order valence-electron chi connectivity index (χ1n) is 7.32. The van der Waals surface area contributed by atoms with Crippen LogP contribution in [0.4, 0.5) is 5.69 Å². The smallest absolute Gasteiger partial charge is 0.253 e. The maximum atomic E-state index is 12.5. The number of carbonyl (C=O) groups excluding carboxylic acids is 1. The molecule has 4 heteroatoms. The van der Waals surface area contributed by atoms with Gasteiger partial charge < -0.3 is 15.4 Å². The number of hydrogen-bond acceptors (Lipinski definition) is 3. The highest BCUT2D eigenvalue weighted by atomic mass is 16.5. The van der Waals surface area contributed by atoms with Gasteiger partial charge in [0.1, 0.15) is 0 Å². The monoisotopic (exact) mass is 276 g/mol. The Hall–Kier alpha value is -1.55. The van der Waals surface area contributed by atoms with Crippen LogP contribution in [0, 0.1) is 6.92 Å². The molecule has 2 rings (SSSR count). The Morgan fingerprint density at radius 2 is 2.20 bits per heavy atom. The summed E-state index contributed by atoms with van der Waals surface area (Å²) in [6, 6.07) is 6.16. The van der Waals surface area contributed by atoms with Crippen molar-refractivity contribution in [1.29, 1.82) is 0 Å². The van der Waals surface area contributed by atoms with Gasteiger partial charge in [0.15, 0.2) is 0 Å². The number of benzene rings is 1. The topological polar surface area (TPSA) is 50.4 Å². The highest BCUT2D eigenvalue weighted by Gasteiger charge is 2.26. The van der Waals surface area contributed by atoms with Crippen LogP contribution in [0.3, 0.4) is 0 Å². The van der Waals surface area contributed by atoms with Crippen LogP contribution in [-0.4, -0.2) is 31.7 Å². The van der Waals surface area contributed by atoms with Gasteiger partial charge in [-0.15, -0.1) is 0 Å². The minimum atomic E-state index is 0.00593. The molecule has 1 aromatic carbocycles. The minimum Gasteiger partial charge on any atom is -0.385 e. The lowest BCUT2D eigenvalue weighted by Crippen LogP contribution is -2.33. The molecule has 1 fully saturated rings. The molecule has 2 N–H and O–H groups in total. The molecule has 1 aliphatic rings. The fourth-order valence-corrected chi connectivity index (χ4v) is 2.74. The zero-order valence-electron chi connectivity index (χ0n) is 12.5. The number of anilines is 1. The van der Waals surface area contributed by atoms with E-state index in [1.807, 2.05) is 32.0 Å². The van der Waals surface area contributed by atoms with E-state index in [2.05, 4.69) is 10.6 Å². The molecule has 1 saturated carbocycles. The second kappa shape index (κ2) is 6.75. The molecule has 110 valence electrons. The predicted molar refractivity (Wildman–Crippen MR) is 81.2 cm³/mol. The van der Waals surface area contributed by atoms with Gasteiger partial charge in [0, 0.05) is 25.4 Å². The quantitative estimate of drug-likeness (QED) is 0.869. The van der Waals surface area contributed by atoms with Crippen LogP contribution < -0.4 is 10.6 Å². The van der Waals surface area contributed by atoms with Gasteiger partial charge in [-0.1, -0.05) is 11.6 Å². The molecule has 1 aromatic rings. The zero-order chi connectivity index (χ0) is 14.5. The summed E-state index contributed by atoms with van der Waals surface area (Å²) < 4.78 is 5.35. The highest BCUT2D eigenvalue weighted by molar-refractivity contribution is 6.00. The van der Waals surface area contributed by atoms with Gasteiger partial charge >= 0.3 is 0 Å². The number of amides is 1. The van der Waals surface area contributed by atoms with E-state index < -0.39 is 0 Å². The number of rotatable bonds is 5. The van der Waals surface area contributed by atoms with Crippen molar-refractivity contribution in [2.24, 2.45) is 0 Å². The minimum absolute atomic E-state index is 0.00593. The molecule has 2 unspecified atom stereocenters. The van der Waals surface area contributed by atoms with E-state index in [1.54, 1.807) is 7.11 Å². The van der Waals surface area contributed by atoms with Crippen molar-refractivity contribution in [3.05, 3.63) is 29.3 Å². The molecule has 0 aromatic heterocycles. The molecule has 0 spiro atoms. The Morgan fingerprint density at radius 3 is 2.85 bits per heavy atom. The Kier molecular flexibility index (Phi) is 5.01. The van der Waals surface area contributed by atoms with Gasteiger partial charge in [0.25, 0.3) is 5.91 Å². The molecule has 0 bridgehead atoms. The van der Waals surface area contributed by atoms with Crippen molar-refractivity contribution >= 4 is 11.6 Å². The number of nitrogens with one attached hydrogen (secondary N) is 2.